The average Bonchev–Trinajstić information content (AvgIpc) is 2.67. The second-order valence-corrected chi connectivity index (χ2v) is 7.06. The maximum Gasteiger partial charge on any atom is 0.411 e. The number of hydrogen-bond acceptors (Lipinski definition) is 3. The van der Waals surface area contributed by atoms with E-state index in [1.54, 1.807) is 24.3 Å². The summed E-state index contributed by atoms with van der Waals surface area (Å²) in [5.74, 6) is 0.154. The van der Waals surface area contributed by atoms with Crippen molar-refractivity contribution in [1.82, 2.24) is 0 Å². The van der Waals surface area contributed by atoms with Crippen molar-refractivity contribution in [2.45, 2.75) is 20.3 Å². The van der Waals surface area contributed by atoms with Crippen LogP contribution in [-0.2, 0) is 16.0 Å². The summed E-state index contributed by atoms with van der Waals surface area (Å²) in [6.45, 7) is 4.30. The van der Waals surface area contributed by atoms with Crippen molar-refractivity contribution < 1.29 is 14.3 Å². The Hall–Kier alpha value is -3.34. The second-order valence-electron chi connectivity index (χ2n) is 7.06. The average molecular weight is 376 g/mol. The molecular weight excluding hydrogens is 352 g/mol. The van der Waals surface area contributed by atoms with E-state index < -0.39 is 6.09 Å². The highest BCUT2D eigenvalue weighted by atomic mass is 16.5. The van der Waals surface area contributed by atoms with E-state index in [0.717, 1.165) is 16.3 Å². The number of ether oxygens (including phenoxy) is 1. The molecule has 0 saturated carbocycles. The number of hydrogen-bond donors (Lipinski definition) is 2. The van der Waals surface area contributed by atoms with Crippen LogP contribution in [0.3, 0.4) is 0 Å². The van der Waals surface area contributed by atoms with Gasteiger partial charge in [-0.2, -0.15) is 0 Å². The van der Waals surface area contributed by atoms with Crippen LogP contribution in [0.1, 0.15) is 19.4 Å². The molecule has 0 heterocycles. The van der Waals surface area contributed by atoms with Crippen LogP contribution in [-0.4, -0.2) is 18.6 Å². The molecule has 0 aromatic heterocycles. The molecule has 0 aliphatic rings. The first kappa shape index (κ1) is 19.4. The van der Waals surface area contributed by atoms with Crippen molar-refractivity contribution in [3.63, 3.8) is 0 Å². The fourth-order valence-electron chi connectivity index (χ4n) is 2.90. The molecule has 0 radical (unpaired) electrons. The van der Waals surface area contributed by atoms with Crippen LogP contribution >= 0.6 is 0 Å². The Morgan fingerprint density at radius 2 is 1.57 bits per heavy atom. The number of rotatable bonds is 6. The molecule has 0 saturated heterocycles. The van der Waals surface area contributed by atoms with Gasteiger partial charge in [0, 0.05) is 11.4 Å². The standard InChI is InChI=1S/C23H24N2O3/c1-16(2)15-28-23(27)25-20-11-6-10-19(14-20)24-22(26)13-18-9-5-8-17-7-3-4-12-21(17)18/h3-12,14,16H,13,15H2,1-2H3,(H,24,26)(H,25,27). The van der Waals surface area contributed by atoms with Gasteiger partial charge in [0.05, 0.1) is 13.0 Å². The Bertz CT molecular complexity index is 977. The first-order valence-corrected chi connectivity index (χ1v) is 9.31. The van der Waals surface area contributed by atoms with Crippen molar-refractivity contribution in [2.24, 2.45) is 5.92 Å². The van der Waals surface area contributed by atoms with Gasteiger partial charge in [0.15, 0.2) is 0 Å². The van der Waals surface area contributed by atoms with Crippen LogP contribution in [0.5, 0.6) is 0 Å². The molecule has 3 aromatic rings. The third-order valence-corrected chi connectivity index (χ3v) is 4.17. The Morgan fingerprint density at radius 3 is 2.36 bits per heavy atom. The minimum Gasteiger partial charge on any atom is -0.449 e. The predicted molar refractivity (Wildman–Crippen MR) is 113 cm³/mol. The molecular formula is C23H24N2O3. The number of carbonyl (C=O) groups excluding carboxylic acids is 2. The maximum atomic E-state index is 12.5. The van der Waals surface area contributed by atoms with Gasteiger partial charge in [-0.25, -0.2) is 4.79 Å². The highest BCUT2D eigenvalue weighted by molar-refractivity contribution is 5.96. The van der Waals surface area contributed by atoms with Crippen molar-refractivity contribution >= 4 is 34.1 Å². The largest absolute Gasteiger partial charge is 0.449 e. The first-order valence-electron chi connectivity index (χ1n) is 9.31. The molecule has 5 heteroatoms. The summed E-state index contributed by atoms with van der Waals surface area (Å²) >= 11 is 0. The number of anilines is 2. The lowest BCUT2D eigenvalue weighted by molar-refractivity contribution is -0.115. The summed E-state index contributed by atoms with van der Waals surface area (Å²) in [5.41, 5.74) is 2.16. The molecule has 3 aromatic carbocycles. The minimum absolute atomic E-state index is 0.115. The molecule has 0 spiro atoms. The molecule has 2 N–H and O–H groups in total. The van der Waals surface area contributed by atoms with Crippen molar-refractivity contribution in [1.29, 1.82) is 0 Å². The molecule has 0 aliphatic carbocycles. The zero-order chi connectivity index (χ0) is 19.9. The Labute approximate surface area is 164 Å². The van der Waals surface area contributed by atoms with Gasteiger partial charge in [-0.3, -0.25) is 10.1 Å². The van der Waals surface area contributed by atoms with E-state index in [1.807, 2.05) is 56.3 Å². The lowest BCUT2D eigenvalue weighted by Crippen LogP contribution is -2.17. The van der Waals surface area contributed by atoms with E-state index in [9.17, 15) is 9.59 Å². The third kappa shape index (κ3) is 5.33. The summed E-state index contributed by atoms with van der Waals surface area (Å²) in [7, 11) is 0. The van der Waals surface area contributed by atoms with E-state index in [1.165, 1.54) is 0 Å². The number of benzene rings is 3. The Balaban J connectivity index is 1.63. The van der Waals surface area contributed by atoms with Crippen LogP contribution in [0, 0.1) is 5.92 Å². The number of carbonyl (C=O) groups is 2. The Morgan fingerprint density at radius 1 is 0.893 bits per heavy atom. The predicted octanol–water partition coefficient (Wildman–Crippen LogP) is 5.23. The SMILES string of the molecule is CC(C)COC(=O)Nc1cccc(NC(=O)Cc2cccc3ccccc23)c1. The third-order valence-electron chi connectivity index (χ3n) is 4.17. The number of nitrogens with one attached hydrogen (secondary N) is 2. The lowest BCUT2D eigenvalue weighted by atomic mass is 10.0. The van der Waals surface area contributed by atoms with E-state index >= 15 is 0 Å². The zero-order valence-corrected chi connectivity index (χ0v) is 16.1. The monoisotopic (exact) mass is 376 g/mol. The van der Waals surface area contributed by atoms with Gasteiger partial charge < -0.3 is 10.1 Å². The fraction of sp³-hybridized carbons (Fsp3) is 0.217. The van der Waals surface area contributed by atoms with Crippen LogP contribution in [0.4, 0.5) is 16.2 Å². The molecule has 28 heavy (non-hydrogen) atoms. The number of amides is 2. The molecule has 144 valence electrons. The normalized spacial score (nSPS) is 10.7. The molecule has 0 fully saturated rings. The summed E-state index contributed by atoms with van der Waals surface area (Å²) in [5, 5.41) is 7.74. The van der Waals surface area contributed by atoms with Crippen LogP contribution < -0.4 is 10.6 Å². The van der Waals surface area contributed by atoms with E-state index in [-0.39, 0.29) is 18.2 Å². The van der Waals surface area contributed by atoms with E-state index in [2.05, 4.69) is 10.6 Å². The molecule has 0 unspecified atom stereocenters. The minimum atomic E-state index is -0.507. The molecule has 0 aliphatic heterocycles. The summed E-state index contributed by atoms with van der Waals surface area (Å²) in [6.07, 6.45) is -0.233. The van der Waals surface area contributed by atoms with E-state index in [4.69, 9.17) is 4.74 Å². The van der Waals surface area contributed by atoms with Crippen LogP contribution in [0.25, 0.3) is 10.8 Å². The van der Waals surface area contributed by atoms with Gasteiger partial charge in [0.2, 0.25) is 5.91 Å². The van der Waals surface area contributed by atoms with Crippen molar-refractivity contribution in [2.75, 3.05) is 17.2 Å². The second kappa shape index (κ2) is 9.04. The smallest absolute Gasteiger partial charge is 0.411 e. The number of fused-ring (bicyclic) bond motifs is 1. The van der Waals surface area contributed by atoms with E-state index in [0.29, 0.717) is 18.0 Å². The van der Waals surface area contributed by atoms with Crippen LogP contribution in [0.2, 0.25) is 0 Å². The summed E-state index contributed by atoms with van der Waals surface area (Å²) in [6, 6.07) is 21.0. The molecule has 3 rings (SSSR count). The highest BCUT2D eigenvalue weighted by Gasteiger charge is 2.09. The van der Waals surface area contributed by atoms with Gasteiger partial charge >= 0.3 is 6.09 Å². The molecule has 0 bridgehead atoms. The molecule has 2 amide bonds. The summed E-state index contributed by atoms with van der Waals surface area (Å²) < 4.78 is 5.11. The molecule has 0 atom stereocenters. The topological polar surface area (TPSA) is 67.4 Å². The zero-order valence-electron chi connectivity index (χ0n) is 16.1. The Kier molecular flexibility index (Phi) is 6.27. The maximum absolute atomic E-state index is 12.5. The highest BCUT2D eigenvalue weighted by Crippen LogP contribution is 2.20. The van der Waals surface area contributed by atoms with Gasteiger partial charge in [-0.05, 0) is 40.5 Å². The quantitative estimate of drug-likeness (QED) is 0.619. The van der Waals surface area contributed by atoms with Crippen molar-refractivity contribution in [3.8, 4) is 0 Å². The van der Waals surface area contributed by atoms with Crippen LogP contribution in [0.15, 0.2) is 66.7 Å². The lowest BCUT2D eigenvalue weighted by Gasteiger charge is -2.11. The summed E-state index contributed by atoms with van der Waals surface area (Å²) in [4.78, 5) is 24.3. The first-order chi connectivity index (χ1) is 13.5. The van der Waals surface area contributed by atoms with Gasteiger partial charge in [0.1, 0.15) is 0 Å². The van der Waals surface area contributed by atoms with Gasteiger partial charge in [-0.15, -0.1) is 0 Å². The van der Waals surface area contributed by atoms with Crippen molar-refractivity contribution in [3.05, 3.63) is 72.3 Å². The van der Waals surface area contributed by atoms with Gasteiger partial charge in [-0.1, -0.05) is 62.4 Å². The van der Waals surface area contributed by atoms with Gasteiger partial charge in [0.25, 0.3) is 0 Å². The molecule has 5 nitrogen and oxygen atoms in total. The fourth-order valence-corrected chi connectivity index (χ4v) is 2.90.